The molecule has 0 radical (unpaired) electrons. The summed E-state index contributed by atoms with van der Waals surface area (Å²) in [5.41, 5.74) is 5.91. The van der Waals surface area contributed by atoms with Crippen LogP contribution in [0.25, 0.3) is 0 Å². The van der Waals surface area contributed by atoms with Crippen LogP contribution in [0.5, 0.6) is 0 Å². The number of nitrogens with two attached hydrogens (primary N) is 1. The van der Waals surface area contributed by atoms with Crippen molar-refractivity contribution in [3.63, 3.8) is 0 Å². The van der Waals surface area contributed by atoms with E-state index in [9.17, 15) is 18.0 Å². The van der Waals surface area contributed by atoms with Crippen LogP contribution < -0.4 is 5.73 Å². The summed E-state index contributed by atoms with van der Waals surface area (Å²) in [6, 6.07) is -0.160. The van der Waals surface area contributed by atoms with Crippen LogP contribution in [0.4, 0.5) is 5.82 Å². The molecule has 1 aliphatic heterocycles. The van der Waals surface area contributed by atoms with Gasteiger partial charge in [-0.1, -0.05) is 24.6 Å². The minimum Gasteiger partial charge on any atom is -0.462 e. The molecule has 0 spiro atoms. The topological polar surface area (TPSA) is 133 Å². The molecular formula is C18H26N4O5S2. The molecule has 1 aliphatic carbocycles. The number of rotatable bonds is 7. The van der Waals surface area contributed by atoms with Crippen molar-refractivity contribution < 1.29 is 22.7 Å². The third kappa shape index (κ3) is 5.39. The molecule has 2 fully saturated rings. The Morgan fingerprint density at radius 3 is 2.59 bits per heavy atom. The van der Waals surface area contributed by atoms with Gasteiger partial charge in [0.05, 0.1) is 23.9 Å². The second-order valence-electron chi connectivity index (χ2n) is 7.26. The third-order valence-corrected chi connectivity index (χ3v) is 7.82. The van der Waals surface area contributed by atoms with Crippen LogP contribution in [-0.2, 0) is 19.4 Å². The molecule has 2 N–H and O–H groups in total. The molecule has 1 amide bonds. The molecule has 2 aliphatic rings. The second-order valence-corrected chi connectivity index (χ2v) is 10.4. The van der Waals surface area contributed by atoms with E-state index >= 15 is 0 Å². The number of sulfone groups is 1. The highest BCUT2D eigenvalue weighted by molar-refractivity contribution is 7.99. The van der Waals surface area contributed by atoms with E-state index < -0.39 is 15.8 Å². The van der Waals surface area contributed by atoms with Crippen LogP contribution in [0.3, 0.4) is 0 Å². The van der Waals surface area contributed by atoms with E-state index in [-0.39, 0.29) is 58.4 Å². The molecule has 1 atom stereocenters. The lowest BCUT2D eigenvalue weighted by atomic mass is 10.1. The lowest BCUT2D eigenvalue weighted by Gasteiger charge is -2.34. The second kappa shape index (κ2) is 9.29. The number of thioether (sulfide) groups is 1. The molecular weight excluding hydrogens is 416 g/mol. The fraction of sp³-hybridized carbons (Fsp3) is 0.667. The average Bonchev–Trinajstić information content (AvgIpc) is 3.30. The van der Waals surface area contributed by atoms with Gasteiger partial charge in [0.1, 0.15) is 11.4 Å². The number of esters is 1. The van der Waals surface area contributed by atoms with Crippen LogP contribution in [0.2, 0.25) is 0 Å². The summed E-state index contributed by atoms with van der Waals surface area (Å²) in [6.07, 6.45) is 5.71. The minimum atomic E-state index is -3.08. The van der Waals surface area contributed by atoms with Crippen molar-refractivity contribution in [2.45, 2.75) is 56.3 Å². The maximum Gasteiger partial charge on any atom is 0.343 e. The van der Waals surface area contributed by atoms with Crippen molar-refractivity contribution in [3.8, 4) is 0 Å². The normalized spacial score (nSPS) is 21.2. The molecule has 1 saturated carbocycles. The molecule has 3 rings (SSSR count). The maximum absolute atomic E-state index is 13.0. The molecule has 160 valence electrons. The molecule has 1 saturated heterocycles. The van der Waals surface area contributed by atoms with Crippen LogP contribution >= 0.6 is 11.8 Å². The summed E-state index contributed by atoms with van der Waals surface area (Å²) < 4.78 is 28.7. The lowest BCUT2D eigenvalue weighted by Crippen LogP contribution is -2.47. The Hall–Kier alpha value is -1.88. The highest BCUT2D eigenvalue weighted by atomic mass is 32.2. The predicted molar refractivity (Wildman–Crippen MR) is 109 cm³/mol. The molecule has 1 aromatic heterocycles. The zero-order chi connectivity index (χ0) is 21.0. The monoisotopic (exact) mass is 442 g/mol. The van der Waals surface area contributed by atoms with Gasteiger partial charge in [-0.25, -0.2) is 23.2 Å². The number of nitrogen functional groups attached to an aromatic ring is 1. The van der Waals surface area contributed by atoms with Crippen molar-refractivity contribution in [1.29, 1.82) is 0 Å². The van der Waals surface area contributed by atoms with Crippen LogP contribution in [0.1, 0.15) is 49.4 Å². The first-order valence-electron chi connectivity index (χ1n) is 9.74. The number of aromatic nitrogens is 2. The van der Waals surface area contributed by atoms with Gasteiger partial charge in [-0.15, -0.1) is 0 Å². The summed E-state index contributed by atoms with van der Waals surface area (Å²) in [7, 11) is -3.08. The van der Waals surface area contributed by atoms with Gasteiger partial charge < -0.3 is 15.4 Å². The van der Waals surface area contributed by atoms with E-state index in [2.05, 4.69) is 9.97 Å². The number of amides is 1. The Kier molecular flexibility index (Phi) is 6.99. The Morgan fingerprint density at radius 2 is 2.00 bits per heavy atom. The fourth-order valence-corrected chi connectivity index (χ4v) is 6.30. The zero-order valence-corrected chi connectivity index (χ0v) is 18.0. The summed E-state index contributed by atoms with van der Waals surface area (Å²) >= 11 is 1.13. The molecule has 11 heteroatoms. The van der Waals surface area contributed by atoms with E-state index in [1.165, 1.54) is 6.20 Å². The first-order chi connectivity index (χ1) is 13.8. The summed E-state index contributed by atoms with van der Waals surface area (Å²) in [5.74, 6) is -0.435. The summed E-state index contributed by atoms with van der Waals surface area (Å²) in [4.78, 5) is 34.8. The third-order valence-electron chi connectivity index (χ3n) is 5.22. The number of anilines is 1. The number of ether oxygens (including phenoxy) is 1. The lowest BCUT2D eigenvalue weighted by molar-refractivity contribution is -0.132. The number of hydrogen-bond acceptors (Lipinski definition) is 9. The minimum absolute atomic E-state index is 0.00272. The van der Waals surface area contributed by atoms with Gasteiger partial charge in [0.2, 0.25) is 5.91 Å². The van der Waals surface area contributed by atoms with Crippen molar-refractivity contribution in [1.82, 2.24) is 14.9 Å². The molecule has 0 aromatic carbocycles. The summed E-state index contributed by atoms with van der Waals surface area (Å²) in [5, 5.41) is 0.286. The standard InChI is InChI=1S/C18H26N4O5S2/c1-2-27-17(24)14-9-20-18(21-16(14)19)28-10-15(23)22(12-5-3-4-6-12)13-7-8-29(25,26)11-13/h9,12-13H,2-8,10-11H2,1H3,(H2,19,20,21)/t13-/m0/s1. The van der Waals surface area contributed by atoms with Crippen LogP contribution in [0.15, 0.2) is 11.4 Å². The van der Waals surface area contributed by atoms with Crippen molar-refractivity contribution >= 4 is 39.3 Å². The first kappa shape index (κ1) is 21.8. The fourth-order valence-electron chi connectivity index (χ4n) is 3.90. The van der Waals surface area contributed by atoms with Crippen LogP contribution in [-0.4, -0.2) is 71.1 Å². The van der Waals surface area contributed by atoms with Gasteiger partial charge in [-0.3, -0.25) is 4.79 Å². The van der Waals surface area contributed by atoms with Gasteiger partial charge in [0.15, 0.2) is 15.0 Å². The predicted octanol–water partition coefficient (Wildman–Crippen LogP) is 1.29. The van der Waals surface area contributed by atoms with E-state index in [1.54, 1.807) is 11.8 Å². The average molecular weight is 443 g/mol. The number of carbonyl (C=O) groups excluding carboxylic acids is 2. The zero-order valence-electron chi connectivity index (χ0n) is 16.4. The molecule has 0 unspecified atom stereocenters. The van der Waals surface area contributed by atoms with Gasteiger partial charge in [-0.2, -0.15) is 0 Å². The highest BCUT2D eigenvalue weighted by Gasteiger charge is 2.38. The summed E-state index contributed by atoms with van der Waals surface area (Å²) in [6.45, 7) is 1.91. The Labute approximate surface area is 174 Å². The largest absolute Gasteiger partial charge is 0.462 e. The van der Waals surface area contributed by atoms with Crippen molar-refractivity contribution in [3.05, 3.63) is 11.8 Å². The molecule has 29 heavy (non-hydrogen) atoms. The van der Waals surface area contributed by atoms with Gasteiger partial charge in [-0.05, 0) is 26.2 Å². The smallest absolute Gasteiger partial charge is 0.343 e. The van der Waals surface area contributed by atoms with Gasteiger partial charge in [0.25, 0.3) is 0 Å². The quantitative estimate of drug-likeness (QED) is 0.377. The SMILES string of the molecule is CCOC(=O)c1cnc(SCC(=O)N(C2CCCC2)[C@H]2CCS(=O)(=O)C2)nc1N. The number of nitrogens with zero attached hydrogens (tertiary/aromatic N) is 3. The van der Waals surface area contributed by atoms with E-state index in [4.69, 9.17) is 10.5 Å². The van der Waals surface area contributed by atoms with E-state index in [0.29, 0.717) is 6.42 Å². The number of carbonyl (C=O) groups is 2. The maximum atomic E-state index is 13.0. The molecule has 1 aromatic rings. The Bertz CT molecular complexity index is 871. The highest BCUT2D eigenvalue weighted by Crippen LogP contribution is 2.30. The molecule has 2 heterocycles. The van der Waals surface area contributed by atoms with E-state index in [0.717, 1.165) is 37.4 Å². The van der Waals surface area contributed by atoms with Crippen molar-refractivity contribution in [2.24, 2.45) is 0 Å². The Balaban J connectivity index is 1.67. The van der Waals surface area contributed by atoms with Gasteiger partial charge >= 0.3 is 5.97 Å². The van der Waals surface area contributed by atoms with Gasteiger partial charge in [0, 0.05) is 18.3 Å². The number of hydrogen-bond donors (Lipinski definition) is 1. The van der Waals surface area contributed by atoms with Crippen molar-refractivity contribution in [2.75, 3.05) is 29.6 Å². The van der Waals surface area contributed by atoms with Crippen LogP contribution in [0, 0.1) is 0 Å². The Morgan fingerprint density at radius 1 is 1.28 bits per heavy atom. The first-order valence-corrected chi connectivity index (χ1v) is 12.6. The van der Waals surface area contributed by atoms with E-state index in [1.807, 2.05) is 0 Å². The molecule has 0 bridgehead atoms. The molecule has 9 nitrogen and oxygen atoms in total.